The number of benzene rings is 1. The molecule has 0 bridgehead atoms. The summed E-state index contributed by atoms with van der Waals surface area (Å²) in [5.41, 5.74) is 0.230. The van der Waals surface area contributed by atoms with Crippen molar-refractivity contribution in [3.63, 3.8) is 0 Å². The van der Waals surface area contributed by atoms with Crippen molar-refractivity contribution in [1.82, 2.24) is 20.4 Å². The van der Waals surface area contributed by atoms with Crippen LogP contribution in [0.3, 0.4) is 0 Å². The van der Waals surface area contributed by atoms with Crippen LogP contribution in [0, 0.1) is 17.1 Å². The first-order chi connectivity index (χ1) is 11.2. The zero-order chi connectivity index (χ0) is 16.1. The lowest BCUT2D eigenvalue weighted by Crippen LogP contribution is -1.95. The second kappa shape index (κ2) is 6.85. The van der Waals surface area contributed by atoms with Gasteiger partial charge >= 0.3 is 0 Å². The van der Waals surface area contributed by atoms with E-state index in [2.05, 4.69) is 20.4 Å². The Bertz CT molecular complexity index is 830. The van der Waals surface area contributed by atoms with Crippen molar-refractivity contribution in [3.05, 3.63) is 53.8 Å². The fraction of sp³-hybridized carbons (Fsp3) is 0.0714. The monoisotopic (exact) mass is 329 g/mol. The third kappa shape index (κ3) is 4.02. The van der Waals surface area contributed by atoms with Gasteiger partial charge in [0.15, 0.2) is 12.3 Å². The Labute approximate surface area is 134 Å². The van der Waals surface area contributed by atoms with Crippen molar-refractivity contribution in [2.75, 3.05) is 0 Å². The predicted octanol–water partition coefficient (Wildman–Crippen LogP) is 2.60. The highest BCUT2D eigenvalue weighted by molar-refractivity contribution is 7.99. The maximum absolute atomic E-state index is 12.8. The van der Waals surface area contributed by atoms with Crippen molar-refractivity contribution >= 4 is 11.8 Å². The van der Waals surface area contributed by atoms with E-state index in [0.29, 0.717) is 10.8 Å². The largest absolute Gasteiger partial charge is 0.484 e. The first-order valence-electron chi connectivity index (χ1n) is 6.35. The molecule has 23 heavy (non-hydrogen) atoms. The van der Waals surface area contributed by atoms with E-state index in [9.17, 15) is 4.39 Å². The molecule has 1 aromatic carbocycles. The summed E-state index contributed by atoms with van der Waals surface area (Å²) < 4.78 is 23.6. The molecular weight excluding hydrogens is 321 g/mol. The molecule has 7 nitrogen and oxygen atoms in total. The van der Waals surface area contributed by atoms with E-state index in [-0.39, 0.29) is 29.2 Å². The Hall–Kier alpha value is -2.99. The lowest BCUT2D eigenvalue weighted by atomic mass is 10.3. The van der Waals surface area contributed by atoms with Gasteiger partial charge in [0.25, 0.3) is 11.1 Å². The highest BCUT2D eigenvalue weighted by Crippen LogP contribution is 2.24. The minimum atomic E-state index is -0.336. The van der Waals surface area contributed by atoms with Crippen LogP contribution in [0.15, 0.2) is 51.1 Å². The van der Waals surface area contributed by atoms with Gasteiger partial charge in [-0.2, -0.15) is 5.26 Å². The second-order valence-electron chi connectivity index (χ2n) is 4.17. The highest BCUT2D eigenvalue weighted by Gasteiger charge is 2.10. The number of hydrogen-bond acceptors (Lipinski definition) is 8. The van der Waals surface area contributed by atoms with Crippen LogP contribution in [0.1, 0.15) is 11.6 Å². The molecule has 0 unspecified atom stereocenters. The van der Waals surface area contributed by atoms with Crippen molar-refractivity contribution in [1.29, 1.82) is 5.26 Å². The van der Waals surface area contributed by atoms with E-state index in [1.807, 2.05) is 6.07 Å². The fourth-order valence-electron chi connectivity index (χ4n) is 1.54. The maximum atomic E-state index is 12.8. The van der Waals surface area contributed by atoms with Gasteiger partial charge < -0.3 is 9.15 Å². The molecule has 0 spiro atoms. The molecule has 0 amide bonds. The van der Waals surface area contributed by atoms with Gasteiger partial charge in [0.1, 0.15) is 22.7 Å². The summed E-state index contributed by atoms with van der Waals surface area (Å²) in [6, 6.07) is 10.7. The van der Waals surface area contributed by atoms with E-state index >= 15 is 0 Å². The van der Waals surface area contributed by atoms with Gasteiger partial charge in [-0.25, -0.2) is 4.39 Å². The average molecular weight is 329 g/mol. The molecule has 9 heteroatoms. The minimum Gasteiger partial charge on any atom is -0.484 e. The zero-order valence-electron chi connectivity index (χ0n) is 11.5. The van der Waals surface area contributed by atoms with Gasteiger partial charge in [-0.3, -0.25) is 0 Å². The van der Waals surface area contributed by atoms with Crippen LogP contribution >= 0.6 is 11.8 Å². The van der Waals surface area contributed by atoms with E-state index < -0.39 is 0 Å². The third-order valence-corrected chi connectivity index (χ3v) is 3.34. The highest BCUT2D eigenvalue weighted by atomic mass is 32.2. The number of rotatable bonds is 5. The summed E-state index contributed by atoms with van der Waals surface area (Å²) in [6.07, 6.45) is 0. The molecule has 0 aliphatic rings. The molecule has 0 fully saturated rings. The first kappa shape index (κ1) is 14.9. The number of nitrogens with zero attached hydrogens (tertiary/aromatic N) is 5. The molecular formula is C14H8FN5O2S. The summed E-state index contributed by atoms with van der Waals surface area (Å²) in [6.45, 7) is 0.0677. The first-order valence-corrected chi connectivity index (χ1v) is 7.17. The van der Waals surface area contributed by atoms with E-state index in [1.54, 1.807) is 12.1 Å². The number of halogens is 1. The maximum Gasteiger partial charge on any atom is 0.283 e. The van der Waals surface area contributed by atoms with E-state index in [0.717, 1.165) is 11.8 Å². The average Bonchev–Trinajstić information content (AvgIpc) is 3.02. The van der Waals surface area contributed by atoms with Crippen LogP contribution in [0.5, 0.6) is 5.75 Å². The molecule has 2 aromatic heterocycles. The number of hydrogen-bond donors (Lipinski definition) is 0. The summed E-state index contributed by atoms with van der Waals surface area (Å²) >= 11 is 1.12. The molecule has 3 rings (SSSR count). The molecule has 0 radical (unpaired) electrons. The Balaban J connectivity index is 1.59. The molecule has 3 aromatic rings. The molecule has 0 saturated carbocycles. The lowest BCUT2D eigenvalue weighted by Gasteiger charge is -2.02. The standard InChI is InChI=1S/C14H8FN5O2S/c15-9-1-4-11(5-2-9)21-8-12-18-20-14(22-12)23-13-6-3-10(7-16)17-19-13/h1-6H,8H2. The molecule has 0 atom stereocenters. The van der Waals surface area contributed by atoms with Gasteiger partial charge in [0, 0.05) is 0 Å². The van der Waals surface area contributed by atoms with Gasteiger partial charge in [-0.1, -0.05) is 0 Å². The van der Waals surface area contributed by atoms with Crippen LogP contribution in [0.25, 0.3) is 0 Å². The second-order valence-corrected chi connectivity index (χ2v) is 5.15. The molecule has 114 valence electrons. The molecule has 0 aliphatic carbocycles. The summed E-state index contributed by atoms with van der Waals surface area (Å²) in [5.74, 6) is 0.438. The topological polar surface area (TPSA) is 97.7 Å². The van der Waals surface area contributed by atoms with Crippen molar-refractivity contribution in [3.8, 4) is 11.8 Å². The normalized spacial score (nSPS) is 10.3. The summed E-state index contributed by atoms with van der Waals surface area (Å²) in [4.78, 5) is 0. The number of nitriles is 1. The Morgan fingerprint density at radius 1 is 1.09 bits per heavy atom. The van der Waals surface area contributed by atoms with Crippen molar-refractivity contribution < 1.29 is 13.5 Å². The Morgan fingerprint density at radius 3 is 2.61 bits per heavy atom. The van der Waals surface area contributed by atoms with Crippen LogP contribution in [0.4, 0.5) is 4.39 Å². The minimum absolute atomic E-state index is 0.0677. The third-order valence-electron chi connectivity index (χ3n) is 2.57. The molecule has 2 heterocycles. The van der Waals surface area contributed by atoms with Gasteiger partial charge in [-0.15, -0.1) is 20.4 Å². The fourth-order valence-corrected chi connectivity index (χ4v) is 2.15. The summed E-state index contributed by atoms with van der Waals surface area (Å²) in [5, 5.41) is 24.7. The lowest BCUT2D eigenvalue weighted by molar-refractivity contribution is 0.252. The quantitative estimate of drug-likeness (QED) is 0.704. The van der Waals surface area contributed by atoms with E-state index in [1.165, 1.54) is 24.3 Å². The van der Waals surface area contributed by atoms with Gasteiger partial charge in [0.2, 0.25) is 0 Å². The Morgan fingerprint density at radius 2 is 1.91 bits per heavy atom. The zero-order valence-corrected chi connectivity index (χ0v) is 12.3. The molecule has 0 aliphatic heterocycles. The number of ether oxygens (including phenoxy) is 1. The van der Waals surface area contributed by atoms with Crippen LogP contribution < -0.4 is 4.74 Å². The van der Waals surface area contributed by atoms with Crippen molar-refractivity contribution in [2.24, 2.45) is 0 Å². The SMILES string of the molecule is N#Cc1ccc(Sc2nnc(COc3ccc(F)cc3)o2)nn1. The predicted molar refractivity (Wildman–Crippen MR) is 75.9 cm³/mol. The Kier molecular flexibility index (Phi) is 4.44. The van der Waals surface area contributed by atoms with Gasteiger partial charge in [0.05, 0.1) is 0 Å². The van der Waals surface area contributed by atoms with Crippen LogP contribution in [-0.2, 0) is 6.61 Å². The van der Waals surface area contributed by atoms with Crippen LogP contribution in [-0.4, -0.2) is 20.4 Å². The smallest absolute Gasteiger partial charge is 0.283 e. The molecule has 0 N–H and O–H groups in total. The van der Waals surface area contributed by atoms with Crippen LogP contribution in [0.2, 0.25) is 0 Å². The molecule has 0 saturated heterocycles. The summed E-state index contributed by atoms with van der Waals surface area (Å²) in [7, 11) is 0. The van der Waals surface area contributed by atoms with E-state index in [4.69, 9.17) is 14.4 Å². The van der Waals surface area contributed by atoms with Gasteiger partial charge in [-0.05, 0) is 48.2 Å². The van der Waals surface area contributed by atoms with Crippen molar-refractivity contribution in [2.45, 2.75) is 16.9 Å². The number of aromatic nitrogens is 4.